The lowest BCUT2D eigenvalue weighted by atomic mass is 10.0. The molecule has 0 saturated carbocycles. The number of hydrogen-bond acceptors (Lipinski definition) is 6. The molecule has 5 aromatic carbocycles. The van der Waals surface area contributed by atoms with Crippen LogP contribution in [0.4, 0.5) is 0 Å². The van der Waals surface area contributed by atoms with Crippen molar-refractivity contribution in [3.05, 3.63) is 175 Å². The Kier molecular flexibility index (Phi) is 20.3. The van der Waals surface area contributed by atoms with Crippen molar-refractivity contribution in [3.8, 4) is 39.9 Å². The van der Waals surface area contributed by atoms with Crippen molar-refractivity contribution >= 4 is 17.2 Å². The zero-order chi connectivity index (χ0) is 42.6. The molecule has 0 aliphatic rings. The van der Waals surface area contributed by atoms with E-state index in [4.69, 9.17) is 22.6 Å². The second-order valence-electron chi connectivity index (χ2n) is 14.6. The maximum atomic E-state index is 11.0. The van der Waals surface area contributed by atoms with Gasteiger partial charge in [-0.3, -0.25) is 0 Å². The van der Waals surface area contributed by atoms with Gasteiger partial charge in [0.25, 0.3) is 0 Å². The quantitative estimate of drug-likeness (QED) is 0.0608. The van der Waals surface area contributed by atoms with Crippen LogP contribution in [0.1, 0.15) is 104 Å². The Balaban J connectivity index is 0.000000721. The Bertz CT molecular complexity index is 1980. The van der Waals surface area contributed by atoms with Crippen LogP contribution in [0.25, 0.3) is 11.1 Å². The zero-order valence-corrected chi connectivity index (χ0v) is 37.7. The Morgan fingerprint density at radius 1 is 0.483 bits per heavy atom. The van der Waals surface area contributed by atoms with Crippen LogP contribution >= 0.6 is 17.2 Å². The first-order chi connectivity index (χ1) is 27.8. The molecule has 5 aromatic rings. The SMILES string of the molecule is C/C=C(\C)C(C)C.C=CC=C.CC(C)c1ccccc1OP(O)Oc1ccccc1-c1ccccc1OP(Oc1ccccc1C(C)C)Oc1ccccc1C(C)C. The van der Waals surface area contributed by atoms with Gasteiger partial charge in [-0.2, -0.15) is 0 Å². The van der Waals surface area contributed by atoms with E-state index in [1.807, 2.05) is 109 Å². The van der Waals surface area contributed by atoms with E-state index in [1.165, 1.54) is 5.57 Å². The van der Waals surface area contributed by atoms with Crippen LogP contribution < -0.4 is 22.6 Å². The van der Waals surface area contributed by atoms with Crippen molar-refractivity contribution < 1.29 is 27.5 Å². The summed E-state index contributed by atoms with van der Waals surface area (Å²) in [6.07, 6.45) is 5.44. The molecular weight excluding hydrogens is 758 g/mol. The lowest BCUT2D eigenvalue weighted by molar-refractivity contribution is 0.378. The molecule has 0 aliphatic carbocycles. The molecule has 0 fully saturated rings. The zero-order valence-electron chi connectivity index (χ0n) is 35.9. The third-order valence-electron chi connectivity index (χ3n) is 9.09. The summed E-state index contributed by atoms with van der Waals surface area (Å²) in [6, 6.07) is 38.8. The second-order valence-corrected chi connectivity index (χ2v) is 16.5. The number of para-hydroxylation sites is 5. The van der Waals surface area contributed by atoms with Crippen LogP contribution in [0, 0.1) is 5.92 Å². The molecule has 0 aliphatic heterocycles. The van der Waals surface area contributed by atoms with Crippen molar-refractivity contribution in [2.45, 2.75) is 87.0 Å². The monoisotopic (exact) mass is 820 g/mol. The molecule has 0 amide bonds. The van der Waals surface area contributed by atoms with Crippen molar-refractivity contribution in [2.75, 3.05) is 0 Å². The molecule has 0 heterocycles. The lowest BCUT2D eigenvalue weighted by Gasteiger charge is -2.23. The Morgan fingerprint density at radius 3 is 1.10 bits per heavy atom. The fraction of sp³-hybridized carbons (Fsp3) is 0.280. The van der Waals surface area contributed by atoms with Crippen LogP contribution in [-0.4, -0.2) is 4.89 Å². The minimum Gasteiger partial charge on any atom is -0.418 e. The topological polar surface area (TPSA) is 66.4 Å². The van der Waals surface area contributed by atoms with E-state index in [0.29, 0.717) is 28.7 Å². The average molecular weight is 821 g/mol. The summed E-state index contributed by atoms with van der Waals surface area (Å²) in [5.74, 6) is 4.46. The molecule has 6 nitrogen and oxygen atoms in total. The first-order valence-electron chi connectivity index (χ1n) is 19.8. The van der Waals surface area contributed by atoms with E-state index in [9.17, 15) is 4.89 Å². The van der Waals surface area contributed by atoms with Gasteiger partial charge in [-0.05, 0) is 84.5 Å². The predicted octanol–water partition coefficient (Wildman–Crippen LogP) is 16.1. The summed E-state index contributed by atoms with van der Waals surface area (Å²) >= 11 is 0. The maximum Gasteiger partial charge on any atom is 0.530 e. The van der Waals surface area contributed by atoms with Gasteiger partial charge in [0.15, 0.2) is 0 Å². The Morgan fingerprint density at radius 2 is 0.776 bits per heavy atom. The van der Waals surface area contributed by atoms with E-state index < -0.39 is 17.2 Å². The molecule has 0 aromatic heterocycles. The van der Waals surface area contributed by atoms with Gasteiger partial charge >= 0.3 is 17.2 Å². The summed E-state index contributed by atoms with van der Waals surface area (Å²) in [5.41, 5.74) is 6.07. The Hall–Kier alpha value is -4.86. The summed E-state index contributed by atoms with van der Waals surface area (Å²) in [5, 5.41) is 0. The Labute approximate surface area is 351 Å². The normalized spacial score (nSPS) is 11.6. The standard InChI is InChI=1S/C39H42O6P2.C7H14.C4H6/c1-27(2)30-17-7-12-22-35(30)41-46(40)42-38-25-15-10-20-33(38)34-21-11-16-26-39(34)45-47(43-36-23-13-8-18-31(36)28(3)4)44-37-24-14-9-19-32(37)29(5)6;1-5-7(4)6(2)3;1-3-4-2/h7-29,40H,1-6H3;5-6H,1-4H3;3-4H,1-2H2/b;7-5+;. The van der Waals surface area contributed by atoms with Gasteiger partial charge in [-0.25, -0.2) is 0 Å². The molecule has 0 radical (unpaired) electrons. The third kappa shape index (κ3) is 14.8. The van der Waals surface area contributed by atoms with Crippen molar-refractivity contribution in [2.24, 2.45) is 5.92 Å². The van der Waals surface area contributed by atoms with Crippen molar-refractivity contribution in [3.63, 3.8) is 0 Å². The molecular formula is C50H62O6P2. The molecule has 1 atom stereocenters. The van der Waals surface area contributed by atoms with Crippen LogP contribution in [0.5, 0.6) is 28.7 Å². The van der Waals surface area contributed by atoms with Gasteiger partial charge in [-0.1, -0.05) is 183 Å². The highest BCUT2D eigenvalue weighted by atomic mass is 31.2. The van der Waals surface area contributed by atoms with E-state index >= 15 is 0 Å². The van der Waals surface area contributed by atoms with Gasteiger partial charge in [0.05, 0.1) is 0 Å². The van der Waals surface area contributed by atoms with Crippen LogP contribution in [0.15, 0.2) is 158 Å². The maximum absolute atomic E-state index is 11.0. The van der Waals surface area contributed by atoms with Crippen LogP contribution in [0.3, 0.4) is 0 Å². The first-order valence-corrected chi connectivity index (χ1v) is 22.0. The summed E-state index contributed by atoms with van der Waals surface area (Å²) < 4.78 is 31.8. The molecule has 0 saturated heterocycles. The lowest BCUT2D eigenvalue weighted by Crippen LogP contribution is -2.06. The number of hydrogen-bond donors (Lipinski definition) is 1. The first kappa shape index (κ1) is 47.5. The molecule has 0 spiro atoms. The molecule has 58 heavy (non-hydrogen) atoms. The highest BCUT2D eigenvalue weighted by molar-refractivity contribution is 7.43. The third-order valence-corrected chi connectivity index (χ3v) is 10.8. The number of allylic oxidation sites excluding steroid dienone is 4. The van der Waals surface area contributed by atoms with Gasteiger partial charge in [-0.15, -0.1) is 0 Å². The number of benzene rings is 5. The fourth-order valence-electron chi connectivity index (χ4n) is 5.48. The molecule has 308 valence electrons. The molecule has 0 bridgehead atoms. The van der Waals surface area contributed by atoms with E-state index in [-0.39, 0.29) is 17.8 Å². The van der Waals surface area contributed by atoms with E-state index in [0.717, 1.165) is 33.7 Å². The van der Waals surface area contributed by atoms with E-state index in [1.54, 1.807) is 12.2 Å². The largest absolute Gasteiger partial charge is 0.530 e. The van der Waals surface area contributed by atoms with Gasteiger partial charge in [0.1, 0.15) is 28.7 Å². The predicted molar refractivity (Wildman–Crippen MR) is 247 cm³/mol. The highest BCUT2D eigenvalue weighted by Crippen LogP contribution is 2.50. The minimum absolute atomic E-state index is 0.227. The van der Waals surface area contributed by atoms with Crippen LogP contribution in [-0.2, 0) is 0 Å². The van der Waals surface area contributed by atoms with Crippen LogP contribution in [0.2, 0.25) is 0 Å². The van der Waals surface area contributed by atoms with Gasteiger partial charge in [0, 0.05) is 11.1 Å². The van der Waals surface area contributed by atoms with Crippen molar-refractivity contribution in [1.82, 2.24) is 0 Å². The van der Waals surface area contributed by atoms with Gasteiger partial charge < -0.3 is 27.5 Å². The smallest absolute Gasteiger partial charge is 0.418 e. The second kappa shape index (κ2) is 24.8. The molecule has 1 unspecified atom stereocenters. The summed E-state index contributed by atoms with van der Waals surface area (Å²) in [7, 11) is -4.24. The summed E-state index contributed by atoms with van der Waals surface area (Å²) in [4.78, 5) is 11.0. The highest BCUT2D eigenvalue weighted by Gasteiger charge is 2.26. The molecule has 1 N–H and O–H groups in total. The molecule has 5 rings (SSSR count). The number of rotatable bonds is 16. The fourth-order valence-corrected chi connectivity index (χ4v) is 7.26. The van der Waals surface area contributed by atoms with Crippen molar-refractivity contribution in [1.29, 1.82) is 0 Å². The van der Waals surface area contributed by atoms with Gasteiger partial charge in [0.2, 0.25) is 0 Å². The average Bonchev–Trinajstić information content (AvgIpc) is 3.21. The van der Waals surface area contributed by atoms with E-state index in [2.05, 4.69) is 101 Å². The summed E-state index contributed by atoms with van der Waals surface area (Å²) in [6.45, 7) is 28.1. The minimum atomic E-state index is -2.28. The molecule has 8 heteroatoms.